The number of benzene rings is 1. The third kappa shape index (κ3) is 2.27. The summed E-state index contributed by atoms with van der Waals surface area (Å²) >= 11 is 0. The molecule has 4 nitrogen and oxygen atoms in total. The van der Waals surface area contributed by atoms with Crippen molar-refractivity contribution in [3.05, 3.63) is 29.8 Å². The summed E-state index contributed by atoms with van der Waals surface area (Å²) in [4.78, 5) is 0.229. The van der Waals surface area contributed by atoms with Crippen LogP contribution in [0.2, 0.25) is 0 Å². The van der Waals surface area contributed by atoms with Crippen LogP contribution in [-0.4, -0.2) is 15.5 Å². The van der Waals surface area contributed by atoms with Crippen molar-refractivity contribution in [2.45, 2.75) is 11.4 Å². The average molecular weight is 199 g/mol. The van der Waals surface area contributed by atoms with Crippen molar-refractivity contribution < 1.29 is 8.42 Å². The van der Waals surface area contributed by atoms with E-state index in [4.69, 9.17) is 5.73 Å². The van der Waals surface area contributed by atoms with Gasteiger partial charge in [0.25, 0.3) is 0 Å². The van der Waals surface area contributed by atoms with E-state index in [-0.39, 0.29) is 11.4 Å². The Bertz CT molecular complexity index is 370. The monoisotopic (exact) mass is 199 g/mol. The lowest BCUT2D eigenvalue weighted by Crippen LogP contribution is -2.18. The first-order valence-electron chi connectivity index (χ1n) is 3.77. The van der Waals surface area contributed by atoms with Gasteiger partial charge in [0.15, 0.2) is 0 Å². The van der Waals surface area contributed by atoms with Crippen molar-refractivity contribution in [2.24, 2.45) is 0 Å². The molecule has 1 radical (unpaired) electrons. The van der Waals surface area contributed by atoms with E-state index in [9.17, 15) is 8.42 Å². The quantitative estimate of drug-likeness (QED) is 0.764. The second-order valence-corrected chi connectivity index (χ2v) is 4.41. The van der Waals surface area contributed by atoms with Crippen molar-refractivity contribution in [2.75, 3.05) is 7.05 Å². The highest BCUT2D eigenvalue weighted by atomic mass is 32.2. The van der Waals surface area contributed by atoms with E-state index in [1.54, 1.807) is 12.1 Å². The van der Waals surface area contributed by atoms with E-state index in [1.807, 2.05) is 0 Å². The Kier molecular flexibility index (Phi) is 3.02. The fourth-order valence-corrected chi connectivity index (χ4v) is 1.63. The summed E-state index contributed by atoms with van der Waals surface area (Å²) in [6.45, 7) is 0.167. The van der Waals surface area contributed by atoms with Gasteiger partial charge in [-0.2, -0.15) is 0 Å². The van der Waals surface area contributed by atoms with Crippen LogP contribution < -0.4 is 10.5 Å². The number of nitrogens with one attached hydrogen (secondary N) is 2. The van der Waals surface area contributed by atoms with Gasteiger partial charge >= 0.3 is 0 Å². The Hall–Kier alpha value is -0.910. The highest BCUT2D eigenvalue weighted by Crippen LogP contribution is 2.09. The van der Waals surface area contributed by atoms with Gasteiger partial charge in [-0.25, -0.2) is 13.1 Å². The first-order chi connectivity index (χ1) is 6.10. The second kappa shape index (κ2) is 3.87. The molecule has 5 heteroatoms. The van der Waals surface area contributed by atoms with Gasteiger partial charge in [0.1, 0.15) is 0 Å². The van der Waals surface area contributed by atoms with Crippen LogP contribution in [0.15, 0.2) is 29.2 Å². The summed E-state index contributed by atoms with van der Waals surface area (Å²) in [6, 6.07) is 6.26. The van der Waals surface area contributed by atoms with E-state index >= 15 is 0 Å². The SMILES string of the molecule is CNS(=O)(=O)c1ccc(C[NH])cc1. The van der Waals surface area contributed by atoms with E-state index < -0.39 is 10.0 Å². The third-order valence-corrected chi connectivity index (χ3v) is 3.14. The molecule has 0 heterocycles. The number of rotatable bonds is 3. The molecular weight excluding hydrogens is 188 g/mol. The predicted octanol–water partition coefficient (Wildman–Crippen LogP) is 0.378. The number of sulfonamides is 1. The molecule has 0 aliphatic heterocycles. The van der Waals surface area contributed by atoms with Gasteiger partial charge in [-0.3, -0.25) is 5.73 Å². The molecule has 0 aromatic heterocycles. The summed E-state index contributed by atoms with van der Waals surface area (Å²) in [5.41, 5.74) is 7.85. The van der Waals surface area contributed by atoms with E-state index in [2.05, 4.69) is 4.72 Å². The zero-order valence-electron chi connectivity index (χ0n) is 7.24. The molecular formula is C8H11N2O2S. The maximum atomic E-state index is 11.2. The van der Waals surface area contributed by atoms with E-state index in [1.165, 1.54) is 19.2 Å². The molecule has 71 valence electrons. The zero-order valence-corrected chi connectivity index (χ0v) is 8.06. The Morgan fingerprint density at radius 1 is 1.31 bits per heavy atom. The average Bonchev–Trinajstić information content (AvgIpc) is 2.18. The lowest BCUT2D eigenvalue weighted by molar-refractivity contribution is 0.588. The Morgan fingerprint density at radius 3 is 2.23 bits per heavy atom. The van der Waals surface area contributed by atoms with Crippen molar-refractivity contribution in [3.63, 3.8) is 0 Å². The van der Waals surface area contributed by atoms with Crippen LogP contribution in [0.5, 0.6) is 0 Å². The third-order valence-electron chi connectivity index (χ3n) is 1.71. The largest absolute Gasteiger partial charge is 0.253 e. The fraction of sp³-hybridized carbons (Fsp3) is 0.250. The molecule has 0 bridgehead atoms. The zero-order chi connectivity index (χ0) is 9.90. The van der Waals surface area contributed by atoms with Crippen LogP contribution in [0, 0.1) is 0 Å². The van der Waals surface area contributed by atoms with Gasteiger partial charge < -0.3 is 0 Å². The van der Waals surface area contributed by atoms with Crippen LogP contribution in [-0.2, 0) is 16.6 Å². The standard InChI is InChI=1S/C8H11N2O2S/c1-10-13(11,12)8-4-2-7(6-9)3-5-8/h2-5,9-10H,6H2,1H3. The molecule has 1 rings (SSSR count). The summed E-state index contributed by atoms with van der Waals surface area (Å²) in [5.74, 6) is 0. The van der Waals surface area contributed by atoms with Gasteiger partial charge in [0.05, 0.1) is 4.90 Å². The maximum absolute atomic E-state index is 11.2. The Labute approximate surface area is 77.8 Å². The van der Waals surface area contributed by atoms with Crippen molar-refractivity contribution in [3.8, 4) is 0 Å². The van der Waals surface area contributed by atoms with Gasteiger partial charge in [-0.05, 0) is 24.7 Å². The smallest absolute Gasteiger partial charge is 0.240 e. The van der Waals surface area contributed by atoms with E-state index in [0.29, 0.717) is 0 Å². The molecule has 1 aromatic carbocycles. The Morgan fingerprint density at radius 2 is 1.85 bits per heavy atom. The van der Waals surface area contributed by atoms with Crippen LogP contribution >= 0.6 is 0 Å². The van der Waals surface area contributed by atoms with Crippen LogP contribution in [0.1, 0.15) is 5.56 Å². The second-order valence-electron chi connectivity index (χ2n) is 2.53. The molecule has 0 amide bonds. The predicted molar refractivity (Wildman–Crippen MR) is 49.5 cm³/mol. The van der Waals surface area contributed by atoms with Gasteiger partial charge in [-0.1, -0.05) is 12.1 Å². The minimum absolute atomic E-state index is 0.167. The van der Waals surface area contributed by atoms with Crippen molar-refractivity contribution in [1.82, 2.24) is 10.5 Å². The molecule has 1 aromatic rings. The molecule has 0 unspecified atom stereocenters. The van der Waals surface area contributed by atoms with Crippen LogP contribution in [0.4, 0.5) is 0 Å². The summed E-state index contributed by atoms with van der Waals surface area (Å²) < 4.78 is 24.7. The Balaban J connectivity index is 3.06. The first-order valence-corrected chi connectivity index (χ1v) is 5.25. The minimum Gasteiger partial charge on any atom is -0.253 e. The van der Waals surface area contributed by atoms with Crippen LogP contribution in [0.25, 0.3) is 0 Å². The molecule has 0 spiro atoms. The molecule has 0 fully saturated rings. The first kappa shape index (κ1) is 10.2. The molecule has 13 heavy (non-hydrogen) atoms. The van der Waals surface area contributed by atoms with Crippen molar-refractivity contribution in [1.29, 1.82) is 0 Å². The van der Waals surface area contributed by atoms with Crippen LogP contribution in [0.3, 0.4) is 0 Å². The fourth-order valence-electron chi connectivity index (χ4n) is 0.904. The van der Waals surface area contributed by atoms with Gasteiger partial charge in [0, 0.05) is 6.54 Å². The molecule has 0 aliphatic carbocycles. The number of hydrogen-bond donors (Lipinski definition) is 1. The lowest BCUT2D eigenvalue weighted by atomic mass is 10.2. The normalized spacial score (nSPS) is 11.5. The van der Waals surface area contributed by atoms with Gasteiger partial charge in [0.2, 0.25) is 10.0 Å². The lowest BCUT2D eigenvalue weighted by Gasteiger charge is -2.02. The molecule has 0 saturated carbocycles. The van der Waals surface area contributed by atoms with E-state index in [0.717, 1.165) is 5.56 Å². The summed E-state index contributed by atoms with van der Waals surface area (Å²) in [6.07, 6.45) is 0. The highest BCUT2D eigenvalue weighted by molar-refractivity contribution is 7.89. The molecule has 0 aliphatic rings. The molecule has 0 atom stereocenters. The minimum atomic E-state index is -3.33. The molecule has 0 saturated heterocycles. The summed E-state index contributed by atoms with van der Waals surface area (Å²) in [5, 5.41) is 0. The number of hydrogen-bond acceptors (Lipinski definition) is 2. The topological polar surface area (TPSA) is 70.0 Å². The molecule has 2 N–H and O–H groups in total. The summed E-state index contributed by atoms with van der Waals surface area (Å²) in [7, 11) is -1.97. The highest BCUT2D eigenvalue weighted by Gasteiger charge is 2.09. The van der Waals surface area contributed by atoms with Gasteiger partial charge in [-0.15, -0.1) is 0 Å². The van der Waals surface area contributed by atoms with Crippen molar-refractivity contribution >= 4 is 10.0 Å². The maximum Gasteiger partial charge on any atom is 0.240 e.